The van der Waals surface area contributed by atoms with Crippen molar-refractivity contribution in [3.05, 3.63) is 131 Å². The molecule has 0 radical (unpaired) electrons. The summed E-state index contributed by atoms with van der Waals surface area (Å²) in [6.07, 6.45) is 1.48. The molecule has 1 saturated heterocycles. The third-order valence-electron chi connectivity index (χ3n) is 8.82. The van der Waals surface area contributed by atoms with Gasteiger partial charge in [-0.25, -0.2) is 4.39 Å². The molecule has 1 heterocycles. The van der Waals surface area contributed by atoms with E-state index in [0.717, 1.165) is 29.5 Å². The van der Waals surface area contributed by atoms with Gasteiger partial charge in [-0.2, -0.15) is 0 Å². The molecular weight excluding hydrogens is 571 g/mol. The number of likely N-dealkylation sites (tertiary alicyclic amines) is 1. The average Bonchev–Trinajstić information content (AvgIpc) is 3.88. The van der Waals surface area contributed by atoms with Gasteiger partial charge in [-0.05, 0) is 78.1 Å². The summed E-state index contributed by atoms with van der Waals surface area (Å²) in [5.41, 5.74) is 2.71. The molecule has 1 aliphatic carbocycles. The summed E-state index contributed by atoms with van der Waals surface area (Å²) < 4.78 is 24.3. The number of halogens is 1. The van der Waals surface area contributed by atoms with E-state index in [-0.39, 0.29) is 35.9 Å². The van der Waals surface area contributed by atoms with Gasteiger partial charge in [0.15, 0.2) is 5.78 Å². The van der Waals surface area contributed by atoms with Crippen LogP contribution in [0.3, 0.4) is 0 Å². The number of amides is 2. The van der Waals surface area contributed by atoms with Crippen LogP contribution in [0, 0.1) is 17.7 Å². The highest BCUT2D eigenvalue weighted by Gasteiger charge is 2.58. The minimum absolute atomic E-state index is 0.135. The quantitative estimate of drug-likeness (QED) is 0.221. The van der Waals surface area contributed by atoms with Gasteiger partial charge in [0.1, 0.15) is 23.4 Å². The van der Waals surface area contributed by atoms with Gasteiger partial charge in [0.2, 0.25) is 11.8 Å². The molecule has 1 saturated carbocycles. The van der Waals surface area contributed by atoms with Crippen LogP contribution in [0.5, 0.6) is 11.5 Å². The third-order valence-corrected chi connectivity index (χ3v) is 8.82. The first-order chi connectivity index (χ1) is 21.9. The second kappa shape index (κ2) is 12.9. The molecule has 230 valence electrons. The van der Waals surface area contributed by atoms with Gasteiger partial charge in [0.05, 0.1) is 26.2 Å². The van der Waals surface area contributed by atoms with E-state index in [0.29, 0.717) is 17.1 Å². The fraction of sp³-hybridized carbons (Fsp3) is 0.270. The van der Waals surface area contributed by atoms with E-state index in [9.17, 15) is 18.8 Å². The van der Waals surface area contributed by atoms with Crippen LogP contribution in [0.25, 0.3) is 0 Å². The Kier molecular flexibility index (Phi) is 8.65. The van der Waals surface area contributed by atoms with E-state index in [1.165, 1.54) is 12.1 Å². The number of carbonyl (C=O) groups is 3. The lowest BCUT2D eigenvalue weighted by Gasteiger charge is -2.32. The maximum absolute atomic E-state index is 14.7. The Morgan fingerprint density at radius 2 is 1.38 bits per heavy atom. The molecular formula is C37H35FN2O5. The van der Waals surface area contributed by atoms with E-state index >= 15 is 0 Å². The van der Waals surface area contributed by atoms with Crippen LogP contribution in [0.1, 0.15) is 51.8 Å². The molecule has 0 bridgehead atoms. The van der Waals surface area contributed by atoms with Crippen molar-refractivity contribution >= 4 is 17.6 Å². The Hall–Kier alpha value is -4.98. The van der Waals surface area contributed by atoms with Crippen molar-refractivity contribution < 1.29 is 28.2 Å². The molecule has 6 rings (SSSR count). The van der Waals surface area contributed by atoms with Crippen LogP contribution in [-0.4, -0.2) is 42.8 Å². The highest BCUT2D eigenvalue weighted by molar-refractivity contribution is 6.02. The number of hydrogen-bond donors (Lipinski definition) is 1. The number of ketones is 1. The third kappa shape index (κ3) is 6.18. The largest absolute Gasteiger partial charge is 0.497 e. The minimum atomic E-state index is -0.972. The average molecular weight is 607 g/mol. The monoisotopic (exact) mass is 606 g/mol. The molecule has 1 aliphatic heterocycles. The molecule has 0 aromatic heterocycles. The molecule has 4 aromatic carbocycles. The first-order valence-electron chi connectivity index (χ1n) is 15.1. The molecule has 2 fully saturated rings. The van der Waals surface area contributed by atoms with Crippen molar-refractivity contribution in [2.45, 2.75) is 37.4 Å². The van der Waals surface area contributed by atoms with Gasteiger partial charge in [0, 0.05) is 23.9 Å². The van der Waals surface area contributed by atoms with Crippen molar-refractivity contribution in [2.75, 3.05) is 14.2 Å². The smallest absolute Gasteiger partial charge is 0.243 e. The van der Waals surface area contributed by atoms with Gasteiger partial charge in [-0.3, -0.25) is 14.4 Å². The number of ether oxygens (including phenoxy) is 2. The van der Waals surface area contributed by atoms with Gasteiger partial charge in [-0.1, -0.05) is 54.6 Å². The summed E-state index contributed by atoms with van der Waals surface area (Å²) in [5, 5.41) is 3.01. The molecule has 4 unspecified atom stereocenters. The van der Waals surface area contributed by atoms with Crippen molar-refractivity contribution in [2.24, 2.45) is 11.8 Å². The Balaban J connectivity index is 1.50. The van der Waals surface area contributed by atoms with Crippen LogP contribution in [0.15, 0.2) is 103 Å². The summed E-state index contributed by atoms with van der Waals surface area (Å²) in [5.74, 6) is -1.42. The topological polar surface area (TPSA) is 84.9 Å². The van der Waals surface area contributed by atoms with Crippen LogP contribution >= 0.6 is 0 Å². The zero-order chi connectivity index (χ0) is 31.5. The van der Waals surface area contributed by atoms with E-state index in [2.05, 4.69) is 5.32 Å². The van der Waals surface area contributed by atoms with Crippen LogP contribution in [0.2, 0.25) is 0 Å². The molecule has 45 heavy (non-hydrogen) atoms. The van der Waals surface area contributed by atoms with Crippen LogP contribution in [0.4, 0.5) is 4.39 Å². The number of nitrogens with one attached hydrogen (secondary N) is 1. The normalized spacial score (nSPS) is 20.8. The molecule has 7 nitrogen and oxygen atoms in total. The van der Waals surface area contributed by atoms with E-state index in [4.69, 9.17) is 9.47 Å². The van der Waals surface area contributed by atoms with E-state index < -0.39 is 23.9 Å². The minimum Gasteiger partial charge on any atom is -0.497 e. The van der Waals surface area contributed by atoms with Crippen molar-refractivity contribution in [1.29, 1.82) is 0 Å². The second-order valence-electron chi connectivity index (χ2n) is 11.6. The van der Waals surface area contributed by atoms with Gasteiger partial charge >= 0.3 is 0 Å². The van der Waals surface area contributed by atoms with Crippen LogP contribution < -0.4 is 14.8 Å². The molecule has 0 spiro atoms. The molecule has 2 aliphatic rings. The highest BCUT2D eigenvalue weighted by atomic mass is 19.1. The summed E-state index contributed by atoms with van der Waals surface area (Å²) in [4.78, 5) is 45.0. The molecule has 8 heteroatoms. The molecule has 4 atom stereocenters. The number of methoxy groups -OCH3 is 2. The Morgan fingerprint density at radius 3 is 1.96 bits per heavy atom. The Morgan fingerprint density at radius 1 is 0.778 bits per heavy atom. The summed E-state index contributed by atoms with van der Waals surface area (Å²) in [6.45, 7) is 0.146. The fourth-order valence-electron chi connectivity index (χ4n) is 6.40. The van der Waals surface area contributed by atoms with Gasteiger partial charge < -0.3 is 19.7 Å². The lowest BCUT2D eigenvalue weighted by Crippen LogP contribution is -2.49. The number of carbonyl (C=O) groups excluding carboxylic acids is 3. The van der Waals surface area contributed by atoms with E-state index in [1.54, 1.807) is 55.5 Å². The molecule has 2 amide bonds. The lowest BCUT2D eigenvalue weighted by molar-refractivity contribution is -0.142. The SMILES string of the molecule is COc1ccc(C(=O)C2C(c3ccccc3)C(C(=O)NCc3ccc(F)cc3)N(C(=O)C3CC3)C2c2ccc(OC)cc2)cc1. The van der Waals surface area contributed by atoms with Gasteiger partial charge in [0.25, 0.3) is 0 Å². The number of Topliss-reactive ketones (excluding diaryl/α,β-unsaturated/α-hetero) is 1. The van der Waals surface area contributed by atoms with Crippen molar-refractivity contribution in [3.8, 4) is 11.5 Å². The Labute approximate surface area is 262 Å². The summed E-state index contributed by atoms with van der Waals surface area (Å²) >= 11 is 0. The number of rotatable bonds is 10. The van der Waals surface area contributed by atoms with Crippen molar-refractivity contribution in [3.63, 3.8) is 0 Å². The highest BCUT2D eigenvalue weighted by Crippen LogP contribution is 2.53. The number of hydrogen-bond acceptors (Lipinski definition) is 5. The standard InChI is InChI=1S/C37H35FN2O5/c1-44-29-18-12-25(13-19-29)33-32(35(41)26-14-20-30(45-2)21-15-26)31(24-6-4-3-5-7-24)34(40(33)37(43)27-10-11-27)36(42)39-22-23-8-16-28(38)17-9-23/h3-9,12-21,27,31-34H,10-11,22H2,1-2H3,(H,39,42). The molecule has 1 N–H and O–H groups in total. The zero-order valence-corrected chi connectivity index (χ0v) is 25.2. The van der Waals surface area contributed by atoms with Crippen molar-refractivity contribution in [1.82, 2.24) is 10.2 Å². The number of benzene rings is 4. The first-order valence-corrected chi connectivity index (χ1v) is 15.1. The van der Waals surface area contributed by atoms with Crippen LogP contribution in [-0.2, 0) is 16.1 Å². The van der Waals surface area contributed by atoms with Gasteiger partial charge in [-0.15, -0.1) is 0 Å². The zero-order valence-electron chi connectivity index (χ0n) is 25.2. The summed E-state index contributed by atoms with van der Waals surface area (Å²) in [7, 11) is 3.14. The maximum Gasteiger partial charge on any atom is 0.243 e. The predicted octanol–water partition coefficient (Wildman–Crippen LogP) is 6.10. The first kappa shape index (κ1) is 30.1. The Bertz CT molecular complexity index is 1650. The summed E-state index contributed by atoms with van der Waals surface area (Å²) in [6, 6.07) is 28.0. The number of nitrogens with zero attached hydrogens (tertiary/aromatic N) is 1. The second-order valence-corrected chi connectivity index (χ2v) is 11.6. The lowest BCUT2D eigenvalue weighted by atomic mass is 9.76. The molecule has 4 aromatic rings. The fourth-order valence-corrected chi connectivity index (χ4v) is 6.40. The predicted molar refractivity (Wildman–Crippen MR) is 167 cm³/mol. The van der Waals surface area contributed by atoms with E-state index in [1.807, 2.05) is 54.6 Å². The maximum atomic E-state index is 14.7.